The Kier molecular flexibility index (Phi) is 4.91. The molecule has 0 radical (unpaired) electrons. The van der Waals surface area contributed by atoms with E-state index in [-0.39, 0.29) is 12.4 Å². The van der Waals surface area contributed by atoms with Gasteiger partial charge in [0, 0.05) is 11.4 Å². The molecule has 1 aromatic carbocycles. The van der Waals surface area contributed by atoms with Crippen LogP contribution >= 0.6 is 11.6 Å². The molecular weight excluding hydrogens is 212 g/mol. The highest BCUT2D eigenvalue weighted by molar-refractivity contribution is 6.30. The number of hydrogen-bond acceptors (Lipinski definition) is 2. The van der Waals surface area contributed by atoms with Crippen LogP contribution in [0.15, 0.2) is 36.9 Å². The van der Waals surface area contributed by atoms with Gasteiger partial charge in [0.05, 0.1) is 0 Å². The Hall–Kier alpha value is -1.28. The average Bonchev–Trinajstić information content (AvgIpc) is 2.25. The van der Waals surface area contributed by atoms with Crippen molar-refractivity contribution in [2.24, 2.45) is 0 Å². The summed E-state index contributed by atoms with van der Waals surface area (Å²) < 4.78 is 5.28. The number of benzene rings is 1. The Morgan fingerprint density at radius 3 is 2.67 bits per heavy atom. The van der Waals surface area contributed by atoms with Crippen molar-refractivity contribution in [1.29, 1.82) is 0 Å². The summed E-state index contributed by atoms with van der Waals surface area (Å²) in [6.07, 6.45) is 2.90. The number of rotatable bonds is 6. The molecular formula is C12H13ClO2. The molecule has 0 aliphatic carbocycles. The molecule has 2 nitrogen and oxygen atoms in total. The van der Waals surface area contributed by atoms with Crippen molar-refractivity contribution >= 4 is 17.4 Å². The summed E-state index contributed by atoms with van der Waals surface area (Å²) in [6.45, 7) is 3.66. The topological polar surface area (TPSA) is 26.3 Å². The molecule has 80 valence electrons. The van der Waals surface area contributed by atoms with E-state index in [0.29, 0.717) is 23.6 Å². The number of allylic oxidation sites excluding steroid dienone is 1. The molecule has 0 fully saturated rings. The van der Waals surface area contributed by atoms with E-state index in [2.05, 4.69) is 6.58 Å². The lowest BCUT2D eigenvalue weighted by atomic mass is 10.2. The highest BCUT2D eigenvalue weighted by Crippen LogP contribution is 2.15. The third-order valence-electron chi connectivity index (χ3n) is 1.84. The molecule has 0 atom stereocenters. The Bertz CT molecular complexity index is 330. The predicted molar refractivity (Wildman–Crippen MR) is 61.4 cm³/mol. The second-order valence-corrected chi connectivity index (χ2v) is 3.55. The van der Waals surface area contributed by atoms with Crippen LogP contribution in [0.25, 0.3) is 0 Å². The number of halogens is 1. The third-order valence-corrected chi connectivity index (χ3v) is 2.09. The number of ketones is 1. The van der Waals surface area contributed by atoms with E-state index in [1.165, 1.54) is 0 Å². The second kappa shape index (κ2) is 6.25. The van der Waals surface area contributed by atoms with E-state index in [1.807, 2.05) is 0 Å². The Morgan fingerprint density at radius 2 is 2.07 bits per heavy atom. The Balaban J connectivity index is 2.33. The van der Waals surface area contributed by atoms with Crippen LogP contribution in [-0.4, -0.2) is 12.4 Å². The summed E-state index contributed by atoms with van der Waals surface area (Å²) >= 11 is 5.71. The largest absolute Gasteiger partial charge is 0.486 e. The predicted octanol–water partition coefficient (Wildman–Crippen LogP) is 3.25. The zero-order valence-electron chi connectivity index (χ0n) is 8.41. The van der Waals surface area contributed by atoms with Crippen molar-refractivity contribution in [3.8, 4) is 5.75 Å². The second-order valence-electron chi connectivity index (χ2n) is 3.11. The molecule has 0 aliphatic rings. The fourth-order valence-corrected chi connectivity index (χ4v) is 1.16. The Labute approximate surface area is 94.5 Å². The minimum absolute atomic E-state index is 0.0739. The van der Waals surface area contributed by atoms with Gasteiger partial charge < -0.3 is 4.74 Å². The molecule has 15 heavy (non-hydrogen) atoms. The van der Waals surface area contributed by atoms with E-state index in [9.17, 15) is 4.79 Å². The lowest BCUT2D eigenvalue weighted by Crippen LogP contribution is -2.10. The van der Waals surface area contributed by atoms with Gasteiger partial charge >= 0.3 is 0 Å². The first-order valence-corrected chi connectivity index (χ1v) is 5.11. The fourth-order valence-electron chi connectivity index (χ4n) is 1.03. The van der Waals surface area contributed by atoms with Crippen LogP contribution in [0.3, 0.4) is 0 Å². The van der Waals surface area contributed by atoms with Crippen LogP contribution in [0.1, 0.15) is 12.8 Å². The number of carbonyl (C=O) groups is 1. The van der Waals surface area contributed by atoms with Gasteiger partial charge in [-0.25, -0.2) is 0 Å². The average molecular weight is 225 g/mol. The summed E-state index contributed by atoms with van der Waals surface area (Å²) in [5, 5.41) is 0.653. The third kappa shape index (κ3) is 4.66. The molecule has 0 aromatic heterocycles. The number of ether oxygens (including phenoxy) is 1. The van der Waals surface area contributed by atoms with Crippen molar-refractivity contribution in [2.75, 3.05) is 6.61 Å². The highest BCUT2D eigenvalue weighted by Gasteiger charge is 2.01. The van der Waals surface area contributed by atoms with Gasteiger partial charge in [-0.1, -0.05) is 17.7 Å². The molecule has 0 unspecified atom stereocenters. The van der Waals surface area contributed by atoms with Crippen LogP contribution in [0.2, 0.25) is 5.02 Å². The van der Waals surface area contributed by atoms with E-state index in [4.69, 9.17) is 16.3 Å². The molecule has 1 aromatic rings. The lowest BCUT2D eigenvalue weighted by Gasteiger charge is -2.04. The molecule has 0 amide bonds. The monoisotopic (exact) mass is 224 g/mol. The van der Waals surface area contributed by atoms with Crippen molar-refractivity contribution in [3.63, 3.8) is 0 Å². The van der Waals surface area contributed by atoms with Gasteiger partial charge in [-0.3, -0.25) is 4.79 Å². The van der Waals surface area contributed by atoms with Crippen molar-refractivity contribution < 1.29 is 9.53 Å². The zero-order chi connectivity index (χ0) is 11.1. The molecule has 0 saturated carbocycles. The van der Waals surface area contributed by atoms with Crippen LogP contribution in [0.5, 0.6) is 5.75 Å². The lowest BCUT2D eigenvalue weighted by molar-refractivity contribution is -0.120. The van der Waals surface area contributed by atoms with Gasteiger partial charge in [-0.05, 0) is 30.7 Å². The number of Topliss-reactive ketones (excluding diaryl/α,β-unsaturated/α-hetero) is 1. The Morgan fingerprint density at radius 1 is 1.40 bits per heavy atom. The number of carbonyl (C=O) groups excluding carboxylic acids is 1. The SMILES string of the molecule is C=CCCC(=O)COc1ccc(Cl)cc1. The minimum Gasteiger partial charge on any atom is -0.486 e. The van der Waals surface area contributed by atoms with Gasteiger partial charge in [-0.2, -0.15) is 0 Å². The van der Waals surface area contributed by atoms with Gasteiger partial charge in [0.2, 0.25) is 0 Å². The van der Waals surface area contributed by atoms with Crippen LogP contribution in [0, 0.1) is 0 Å². The highest BCUT2D eigenvalue weighted by atomic mass is 35.5. The molecule has 0 aliphatic heterocycles. The van der Waals surface area contributed by atoms with Crippen molar-refractivity contribution in [1.82, 2.24) is 0 Å². The van der Waals surface area contributed by atoms with E-state index < -0.39 is 0 Å². The van der Waals surface area contributed by atoms with Gasteiger partial charge in [0.1, 0.15) is 12.4 Å². The summed E-state index contributed by atoms with van der Waals surface area (Å²) in [4.78, 5) is 11.2. The first kappa shape index (κ1) is 11.8. The van der Waals surface area contributed by atoms with Crippen molar-refractivity contribution in [2.45, 2.75) is 12.8 Å². The molecule has 0 heterocycles. The molecule has 0 N–H and O–H groups in total. The summed E-state index contributed by atoms with van der Waals surface area (Å²) in [6, 6.07) is 6.93. The van der Waals surface area contributed by atoms with Gasteiger partial charge in [-0.15, -0.1) is 6.58 Å². The van der Waals surface area contributed by atoms with Crippen molar-refractivity contribution in [3.05, 3.63) is 41.9 Å². The van der Waals surface area contributed by atoms with E-state index in [0.717, 1.165) is 0 Å². The van der Waals surface area contributed by atoms with Gasteiger partial charge in [0.15, 0.2) is 5.78 Å². The molecule has 0 bridgehead atoms. The molecule has 0 spiro atoms. The first-order chi connectivity index (χ1) is 7.22. The maximum atomic E-state index is 11.2. The molecule has 3 heteroatoms. The van der Waals surface area contributed by atoms with E-state index >= 15 is 0 Å². The number of hydrogen-bond donors (Lipinski definition) is 0. The molecule has 1 rings (SSSR count). The van der Waals surface area contributed by atoms with Crippen LogP contribution in [-0.2, 0) is 4.79 Å². The van der Waals surface area contributed by atoms with E-state index in [1.54, 1.807) is 30.3 Å². The van der Waals surface area contributed by atoms with Gasteiger partial charge in [0.25, 0.3) is 0 Å². The quantitative estimate of drug-likeness (QED) is 0.694. The smallest absolute Gasteiger partial charge is 0.170 e. The maximum Gasteiger partial charge on any atom is 0.170 e. The van der Waals surface area contributed by atoms with Crippen LogP contribution < -0.4 is 4.74 Å². The standard InChI is InChI=1S/C12H13ClO2/c1-2-3-4-11(14)9-15-12-7-5-10(13)6-8-12/h2,5-8H,1,3-4,9H2. The molecule has 0 saturated heterocycles. The zero-order valence-corrected chi connectivity index (χ0v) is 9.17. The summed E-state index contributed by atoms with van der Waals surface area (Å²) in [5.74, 6) is 0.733. The summed E-state index contributed by atoms with van der Waals surface area (Å²) in [5.41, 5.74) is 0. The minimum atomic E-state index is 0.0739. The maximum absolute atomic E-state index is 11.2. The fraction of sp³-hybridized carbons (Fsp3) is 0.250. The first-order valence-electron chi connectivity index (χ1n) is 4.73. The van der Waals surface area contributed by atoms with Crippen LogP contribution in [0.4, 0.5) is 0 Å². The normalized spacial score (nSPS) is 9.67. The summed E-state index contributed by atoms with van der Waals surface area (Å²) in [7, 11) is 0.